The van der Waals surface area contributed by atoms with Gasteiger partial charge < -0.3 is 4.90 Å². The molecule has 152 valence electrons. The van der Waals surface area contributed by atoms with E-state index in [0.29, 0.717) is 31.1 Å². The molecule has 0 unspecified atom stereocenters. The van der Waals surface area contributed by atoms with E-state index in [1.165, 1.54) is 6.33 Å². The smallest absolute Gasteiger partial charge is 0.243 e. The summed E-state index contributed by atoms with van der Waals surface area (Å²) in [6.07, 6.45) is 5.12. The molecule has 0 saturated carbocycles. The highest BCUT2D eigenvalue weighted by Crippen LogP contribution is 2.22. The highest BCUT2D eigenvalue weighted by Gasteiger charge is 2.29. The van der Waals surface area contributed by atoms with Crippen LogP contribution in [0.3, 0.4) is 0 Å². The lowest BCUT2D eigenvalue weighted by Gasteiger charge is -2.34. The van der Waals surface area contributed by atoms with Crippen molar-refractivity contribution in [3.63, 3.8) is 0 Å². The summed E-state index contributed by atoms with van der Waals surface area (Å²) in [5.74, 6) is 2.38. The second kappa shape index (κ2) is 7.57. The molecule has 1 aromatic carbocycles. The molecule has 1 aliphatic rings. The number of imidazole rings is 1. The maximum atomic E-state index is 13.0. The van der Waals surface area contributed by atoms with Crippen LogP contribution in [0.4, 0.5) is 5.82 Å². The van der Waals surface area contributed by atoms with Crippen molar-refractivity contribution in [3.8, 4) is 5.82 Å². The fourth-order valence-corrected chi connectivity index (χ4v) is 4.95. The largest absolute Gasteiger partial charge is 0.354 e. The van der Waals surface area contributed by atoms with Crippen molar-refractivity contribution in [2.24, 2.45) is 0 Å². The summed E-state index contributed by atoms with van der Waals surface area (Å²) < 4.78 is 29.5. The average molecular weight is 413 g/mol. The molecule has 1 aliphatic heterocycles. The molecule has 3 aromatic rings. The van der Waals surface area contributed by atoms with E-state index < -0.39 is 10.0 Å². The minimum atomic E-state index is -3.49. The zero-order valence-electron chi connectivity index (χ0n) is 16.8. The van der Waals surface area contributed by atoms with Crippen molar-refractivity contribution in [3.05, 3.63) is 59.9 Å². The van der Waals surface area contributed by atoms with Crippen molar-refractivity contribution in [2.45, 2.75) is 25.7 Å². The van der Waals surface area contributed by atoms with Gasteiger partial charge in [0.15, 0.2) is 0 Å². The summed E-state index contributed by atoms with van der Waals surface area (Å²) in [6.45, 7) is 7.80. The Balaban J connectivity index is 1.50. The second-order valence-electron chi connectivity index (χ2n) is 7.22. The SMILES string of the molecule is Cc1ccc(S(=O)(=O)N2CCN(c3cc(-n4ccnc4C)ncn3)CC2)cc1C. The van der Waals surface area contributed by atoms with Crippen LogP contribution < -0.4 is 4.90 Å². The number of benzene rings is 1. The van der Waals surface area contributed by atoms with Gasteiger partial charge in [-0.25, -0.2) is 23.4 Å². The number of aryl methyl sites for hydroxylation is 3. The Morgan fingerprint density at radius 3 is 2.24 bits per heavy atom. The predicted molar refractivity (Wildman–Crippen MR) is 111 cm³/mol. The number of hydrogen-bond acceptors (Lipinski definition) is 6. The lowest BCUT2D eigenvalue weighted by Crippen LogP contribution is -2.49. The summed E-state index contributed by atoms with van der Waals surface area (Å²) in [7, 11) is -3.49. The maximum absolute atomic E-state index is 13.0. The van der Waals surface area contributed by atoms with Gasteiger partial charge in [0.1, 0.15) is 23.8 Å². The Labute approximate surface area is 170 Å². The lowest BCUT2D eigenvalue weighted by atomic mass is 10.1. The Kier molecular flexibility index (Phi) is 5.10. The summed E-state index contributed by atoms with van der Waals surface area (Å²) >= 11 is 0. The highest BCUT2D eigenvalue weighted by atomic mass is 32.2. The summed E-state index contributed by atoms with van der Waals surface area (Å²) in [4.78, 5) is 15.4. The van der Waals surface area contributed by atoms with Crippen LogP contribution in [0.1, 0.15) is 17.0 Å². The van der Waals surface area contributed by atoms with Crippen LogP contribution in [-0.4, -0.2) is 58.4 Å². The molecule has 3 heterocycles. The molecular formula is C20H24N6O2S. The van der Waals surface area contributed by atoms with Crippen molar-refractivity contribution >= 4 is 15.8 Å². The lowest BCUT2D eigenvalue weighted by molar-refractivity contribution is 0.383. The molecule has 9 heteroatoms. The average Bonchev–Trinajstić information content (AvgIpc) is 3.16. The number of hydrogen-bond donors (Lipinski definition) is 0. The predicted octanol–water partition coefficient (Wildman–Crippen LogP) is 2.10. The molecule has 0 aliphatic carbocycles. The minimum absolute atomic E-state index is 0.356. The summed E-state index contributed by atoms with van der Waals surface area (Å²) in [6, 6.07) is 7.20. The number of piperazine rings is 1. The van der Waals surface area contributed by atoms with Crippen molar-refractivity contribution in [1.82, 2.24) is 23.8 Å². The van der Waals surface area contributed by atoms with Crippen LogP contribution in [0, 0.1) is 20.8 Å². The van der Waals surface area contributed by atoms with Crippen LogP contribution in [0.25, 0.3) is 5.82 Å². The molecule has 0 spiro atoms. The van der Waals surface area contributed by atoms with E-state index in [1.54, 1.807) is 22.6 Å². The van der Waals surface area contributed by atoms with Gasteiger partial charge >= 0.3 is 0 Å². The van der Waals surface area contributed by atoms with Gasteiger partial charge in [-0.15, -0.1) is 0 Å². The van der Waals surface area contributed by atoms with Crippen LogP contribution in [0.15, 0.2) is 47.9 Å². The molecule has 0 N–H and O–H groups in total. The van der Waals surface area contributed by atoms with E-state index in [-0.39, 0.29) is 0 Å². The number of aromatic nitrogens is 4. The molecule has 0 amide bonds. The quantitative estimate of drug-likeness (QED) is 0.653. The van der Waals surface area contributed by atoms with Crippen molar-refractivity contribution < 1.29 is 8.42 Å². The van der Waals surface area contributed by atoms with Gasteiger partial charge in [-0.3, -0.25) is 4.57 Å². The van der Waals surface area contributed by atoms with Gasteiger partial charge in [-0.05, 0) is 44.0 Å². The third kappa shape index (κ3) is 3.75. The number of sulfonamides is 1. The van der Waals surface area contributed by atoms with Gasteiger partial charge in [0, 0.05) is 44.6 Å². The number of nitrogens with zero attached hydrogens (tertiary/aromatic N) is 6. The fraction of sp³-hybridized carbons (Fsp3) is 0.350. The van der Waals surface area contributed by atoms with Crippen molar-refractivity contribution in [1.29, 1.82) is 0 Å². The first-order valence-corrected chi connectivity index (χ1v) is 10.9. The first-order valence-electron chi connectivity index (χ1n) is 9.51. The van der Waals surface area contributed by atoms with Gasteiger partial charge in [0.2, 0.25) is 10.0 Å². The minimum Gasteiger partial charge on any atom is -0.354 e. The van der Waals surface area contributed by atoms with Gasteiger partial charge in [0.25, 0.3) is 0 Å². The Morgan fingerprint density at radius 1 is 0.862 bits per heavy atom. The Morgan fingerprint density at radius 2 is 1.59 bits per heavy atom. The molecule has 1 fully saturated rings. The van der Waals surface area contributed by atoms with Crippen LogP contribution in [-0.2, 0) is 10.0 Å². The second-order valence-corrected chi connectivity index (χ2v) is 9.15. The molecule has 29 heavy (non-hydrogen) atoms. The molecule has 1 saturated heterocycles. The zero-order chi connectivity index (χ0) is 20.6. The first kappa shape index (κ1) is 19.5. The normalized spacial score (nSPS) is 15.6. The Hall–Kier alpha value is -2.78. The van der Waals surface area contributed by atoms with E-state index in [0.717, 1.165) is 28.6 Å². The summed E-state index contributed by atoms with van der Waals surface area (Å²) in [5.41, 5.74) is 2.06. The van der Waals surface area contributed by atoms with E-state index in [1.807, 2.05) is 43.7 Å². The zero-order valence-corrected chi connectivity index (χ0v) is 17.6. The van der Waals surface area contributed by atoms with E-state index in [2.05, 4.69) is 19.9 Å². The third-order valence-electron chi connectivity index (χ3n) is 5.39. The van der Waals surface area contributed by atoms with Crippen LogP contribution >= 0.6 is 0 Å². The monoisotopic (exact) mass is 412 g/mol. The first-order chi connectivity index (χ1) is 13.9. The molecule has 0 radical (unpaired) electrons. The fourth-order valence-electron chi connectivity index (χ4n) is 3.44. The molecule has 4 rings (SSSR count). The summed E-state index contributed by atoms with van der Waals surface area (Å²) in [5, 5.41) is 0. The third-order valence-corrected chi connectivity index (χ3v) is 7.28. The van der Waals surface area contributed by atoms with E-state index in [4.69, 9.17) is 0 Å². The van der Waals surface area contributed by atoms with Crippen molar-refractivity contribution in [2.75, 3.05) is 31.1 Å². The number of rotatable bonds is 4. The van der Waals surface area contributed by atoms with Crippen LogP contribution in [0.5, 0.6) is 0 Å². The standard InChI is InChI=1S/C20H24N6O2S/c1-15-4-5-18(12-16(15)2)29(27,28)25-10-8-24(9-11-25)19-13-20(23-14-22-19)26-7-6-21-17(26)3/h4-7,12-14H,8-11H2,1-3H3. The van der Waals surface area contributed by atoms with E-state index >= 15 is 0 Å². The molecule has 8 nitrogen and oxygen atoms in total. The number of anilines is 1. The highest BCUT2D eigenvalue weighted by molar-refractivity contribution is 7.89. The molecule has 0 bridgehead atoms. The van der Waals surface area contributed by atoms with Gasteiger partial charge in [0.05, 0.1) is 4.90 Å². The van der Waals surface area contributed by atoms with Crippen LogP contribution in [0.2, 0.25) is 0 Å². The molecule has 2 aromatic heterocycles. The van der Waals surface area contributed by atoms with E-state index in [9.17, 15) is 8.42 Å². The molecule has 0 atom stereocenters. The van der Waals surface area contributed by atoms with Gasteiger partial charge in [-0.1, -0.05) is 6.07 Å². The van der Waals surface area contributed by atoms with Gasteiger partial charge in [-0.2, -0.15) is 4.31 Å². The topological polar surface area (TPSA) is 84.2 Å². The Bertz CT molecular complexity index is 1130. The molecular weight excluding hydrogens is 388 g/mol. The maximum Gasteiger partial charge on any atom is 0.243 e.